The van der Waals surface area contributed by atoms with Gasteiger partial charge < -0.3 is 9.13 Å². The summed E-state index contributed by atoms with van der Waals surface area (Å²) < 4.78 is 4.99. The van der Waals surface area contributed by atoms with Gasteiger partial charge in [-0.1, -0.05) is 194 Å². The first kappa shape index (κ1) is 33.2. The second-order valence-electron chi connectivity index (χ2n) is 14.9. The van der Waals surface area contributed by atoms with Gasteiger partial charge in [-0.3, -0.25) is 0 Å². The molecule has 2 heterocycles. The predicted molar refractivity (Wildman–Crippen MR) is 244 cm³/mol. The zero-order valence-electron chi connectivity index (χ0n) is 31.3. The van der Waals surface area contributed by atoms with Crippen molar-refractivity contribution in [1.82, 2.24) is 9.13 Å². The standard InChI is InChI=1S/C54H38N2Si/c1-5-18-39(19-6-1)40-32-34-41(35-33-40)55-50-29-15-13-26-46(50)48-37-36-42(38-52(48)55)56-51-30-16-14-27-47(51)49-28-17-31-53(54(49)56)57(43-20-7-2-8-21-43,44-22-9-3-10-23-44)45-24-11-4-12-25-45/h1-38H. The number of aromatic nitrogens is 2. The van der Waals surface area contributed by atoms with Gasteiger partial charge in [0.2, 0.25) is 0 Å². The minimum absolute atomic E-state index is 1.14. The summed E-state index contributed by atoms with van der Waals surface area (Å²) in [6.07, 6.45) is 0. The quantitative estimate of drug-likeness (QED) is 0.114. The van der Waals surface area contributed by atoms with Gasteiger partial charge in [-0.25, -0.2) is 0 Å². The van der Waals surface area contributed by atoms with E-state index in [0.717, 1.165) is 11.4 Å². The van der Waals surface area contributed by atoms with Crippen molar-refractivity contribution in [3.05, 3.63) is 231 Å². The molecule has 11 rings (SSSR count). The van der Waals surface area contributed by atoms with E-state index in [2.05, 4.69) is 240 Å². The summed E-state index contributed by atoms with van der Waals surface area (Å²) in [6, 6.07) is 85.2. The summed E-state index contributed by atoms with van der Waals surface area (Å²) in [5, 5.41) is 10.5. The third-order valence-corrected chi connectivity index (χ3v) is 16.7. The average Bonchev–Trinajstić information content (AvgIpc) is 3.81. The van der Waals surface area contributed by atoms with Gasteiger partial charge >= 0.3 is 0 Å². The minimum Gasteiger partial charge on any atom is -0.309 e. The Hall–Kier alpha value is -7.20. The lowest BCUT2D eigenvalue weighted by Gasteiger charge is -2.35. The molecular formula is C54H38N2Si. The first-order valence-corrected chi connectivity index (χ1v) is 21.7. The molecule has 0 saturated carbocycles. The molecule has 0 aliphatic carbocycles. The molecule has 0 saturated heterocycles. The van der Waals surface area contributed by atoms with Crippen LogP contribution < -0.4 is 20.7 Å². The van der Waals surface area contributed by atoms with Gasteiger partial charge in [0.1, 0.15) is 0 Å². The van der Waals surface area contributed by atoms with Crippen LogP contribution in [0.5, 0.6) is 0 Å². The number of hydrogen-bond donors (Lipinski definition) is 0. The first-order chi connectivity index (χ1) is 28.3. The summed E-state index contributed by atoms with van der Waals surface area (Å²) in [5.74, 6) is 0. The molecule has 268 valence electrons. The molecule has 0 radical (unpaired) electrons. The summed E-state index contributed by atoms with van der Waals surface area (Å²) in [7, 11) is -2.89. The van der Waals surface area contributed by atoms with Gasteiger partial charge in [0.15, 0.2) is 8.07 Å². The maximum absolute atomic E-state index is 2.89. The van der Waals surface area contributed by atoms with Crippen molar-refractivity contribution in [2.24, 2.45) is 0 Å². The zero-order valence-corrected chi connectivity index (χ0v) is 32.3. The Balaban J connectivity index is 1.23. The van der Waals surface area contributed by atoms with Crippen LogP contribution in [0.2, 0.25) is 0 Å². The molecule has 57 heavy (non-hydrogen) atoms. The Morgan fingerprint density at radius 3 is 1.32 bits per heavy atom. The number of hydrogen-bond acceptors (Lipinski definition) is 0. The number of fused-ring (bicyclic) bond motifs is 6. The molecule has 0 atom stereocenters. The molecule has 2 nitrogen and oxygen atoms in total. The monoisotopic (exact) mass is 742 g/mol. The van der Waals surface area contributed by atoms with E-state index >= 15 is 0 Å². The minimum atomic E-state index is -2.89. The van der Waals surface area contributed by atoms with Crippen molar-refractivity contribution >= 4 is 72.4 Å². The van der Waals surface area contributed by atoms with Crippen LogP contribution >= 0.6 is 0 Å². The molecule has 0 aliphatic rings. The SMILES string of the molecule is c1ccc(-c2ccc(-n3c4ccccc4c4ccc(-n5c6ccccc6c6cccc([Si](c7ccccc7)(c7ccccc7)c7ccccc7)c65)cc43)cc2)cc1. The van der Waals surface area contributed by atoms with Crippen LogP contribution in [0, 0.1) is 0 Å². The van der Waals surface area contributed by atoms with Crippen LogP contribution in [0.1, 0.15) is 0 Å². The van der Waals surface area contributed by atoms with E-state index in [1.807, 2.05) is 0 Å². The van der Waals surface area contributed by atoms with Gasteiger partial charge in [0, 0.05) is 32.9 Å². The number of rotatable bonds is 7. The molecule has 0 bridgehead atoms. The molecule has 0 spiro atoms. The van der Waals surface area contributed by atoms with Crippen molar-refractivity contribution in [3.63, 3.8) is 0 Å². The molecule has 0 amide bonds. The fraction of sp³-hybridized carbons (Fsp3) is 0. The van der Waals surface area contributed by atoms with Crippen molar-refractivity contribution < 1.29 is 0 Å². The molecule has 11 aromatic rings. The molecule has 0 unspecified atom stereocenters. The summed E-state index contributed by atoms with van der Waals surface area (Å²) >= 11 is 0. The van der Waals surface area contributed by atoms with E-state index in [-0.39, 0.29) is 0 Å². The average molecular weight is 743 g/mol. The van der Waals surface area contributed by atoms with E-state index < -0.39 is 8.07 Å². The third-order valence-electron chi connectivity index (χ3n) is 11.9. The Morgan fingerprint density at radius 2 is 0.719 bits per heavy atom. The van der Waals surface area contributed by atoms with Crippen LogP contribution in [0.3, 0.4) is 0 Å². The fourth-order valence-corrected chi connectivity index (χ4v) is 14.4. The normalized spacial score (nSPS) is 11.9. The molecular weight excluding hydrogens is 705 g/mol. The molecule has 9 aromatic carbocycles. The Labute approximate surface area is 333 Å². The van der Waals surface area contributed by atoms with Gasteiger partial charge in [0.05, 0.1) is 22.1 Å². The van der Waals surface area contributed by atoms with E-state index in [9.17, 15) is 0 Å². The van der Waals surface area contributed by atoms with Crippen LogP contribution in [0.25, 0.3) is 66.1 Å². The zero-order chi connectivity index (χ0) is 37.8. The molecule has 0 aliphatic heterocycles. The number of nitrogens with zero attached hydrogens (tertiary/aromatic N) is 2. The van der Waals surface area contributed by atoms with E-state index in [0.29, 0.717) is 0 Å². The molecule has 3 heteroatoms. The Bertz CT molecular complexity index is 3100. The summed E-state index contributed by atoms with van der Waals surface area (Å²) in [6.45, 7) is 0. The van der Waals surface area contributed by atoms with E-state index in [1.165, 1.54) is 75.5 Å². The van der Waals surface area contributed by atoms with Crippen molar-refractivity contribution in [2.75, 3.05) is 0 Å². The van der Waals surface area contributed by atoms with Crippen molar-refractivity contribution in [3.8, 4) is 22.5 Å². The van der Waals surface area contributed by atoms with Gasteiger partial charge in [-0.05, 0) is 68.3 Å². The maximum Gasteiger partial charge on any atom is 0.181 e. The highest BCUT2D eigenvalue weighted by molar-refractivity contribution is 7.20. The van der Waals surface area contributed by atoms with Crippen LogP contribution in [-0.2, 0) is 0 Å². The lowest BCUT2D eigenvalue weighted by Crippen LogP contribution is -2.75. The topological polar surface area (TPSA) is 9.86 Å². The van der Waals surface area contributed by atoms with Crippen molar-refractivity contribution in [2.45, 2.75) is 0 Å². The Kier molecular flexibility index (Phi) is 7.87. The molecule has 2 aromatic heterocycles. The highest BCUT2D eigenvalue weighted by Gasteiger charge is 2.43. The second kappa shape index (κ2) is 13.5. The van der Waals surface area contributed by atoms with Gasteiger partial charge in [-0.2, -0.15) is 0 Å². The van der Waals surface area contributed by atoms with Crippen molar-refractivity contribution in [1.29, 1.82) is 0 Å². The first-order valence-electron chi connectivity index (χ1n) is 19.7. The number of benzene rings is 9. The summed E-state index contributed by atoms with van der Waals surface area (Å²) in [5.41, 5.74) is 9.56. The lowest BCUT2D eigenvalue weighted by atomic mass is 10.1. The van der Waals surface area contributed by atoms with Crippen LogP contribution in [-0.4, -0.2) is 17.2 Å². The highest BCUT2D eigenvalue weighted by Crippen LogP contribution is 2.37. The highest BCUT2D eigenvalue weighted by atomic mass is 28.3. The number of para-hydroxylation sites is 3. The van der Waals surface area contributed by atoms with Crippen LogP contribution in [0.4, 0.5) is 0 Å². The second-order valence-corrected chi connectivity index (χ2v) is 18.6. The van der Waals surface area contributed by atoms with E-state index in [4.69, 9.17) is 0 Å². The predicted octanol–water partition coefficient (Wildman–Crippen LogP) is 10.9. The Morgan fingerprint density at radius 1 is 0.281 bits per heavy atom. The molecule has 0 N–H and O–H groups in total. The van der Waals surface area contributed by atoms with Gasteiger partial charge in [0.25, 0.3) is 0 Å². The van der Waals surface area contributed by atoms with E-state index in [1.54, 1.807) is 0 Å². The fourth-order valence-electron chi connectivity index (χ4n) is 9.43. The maximum atomic E-state index is 2.55. The van der Waals surface area contributed by atoms with Crippen LogP contribution in [0.15, 0.2) is 231 Å². The molecule has 0 fully saturated rings. The smallest absolute Gasteiger partial charge is 0.181 e. The lowest BCUT2D eigenvalue weighted by molar-refractivity contribution is 1.16. The summed E-state index contributed by atoms with van der Waals surface area (Å²) in [4.78, 5) is 0. The third kappa shape index (κ3) is 5.17. The largest absolute Gasteiger partial charge is 0.309 e. The van der Waals surface area contributed by atoms with Gasteiger partial charge in [-0.15, -0.1) is 0 Å².